The van der Waals surface area contributed by atoms with E-state index >= 15 is 0 Å². The minimum atomic E-state index is -4.61. The van der Waals surface area contributed by atoms with Crippen LogP contribution in [-0.4, -0.2) is 39.6 Å². The first-order valence-electron chi connectivity index (χ1n) is 14.2. The standard InChI is InChI=1S/C33H34F3N3O3/c1-4-5-25-18-30-23(19-37-25)16-29(32(42)38(30)3)28-12-21(7-6-20(28)2)13-31(41)22-14-24(33(34,35)36)17-26(15-22)39-10-8-27(40)9-11-39/h6-7,12,14-19,27,40H,4-5,8-11,13H2,1-3H3. The summed E-state index contributed by atoms with van der Waals surface area (Å²) in [5.41, 5.74) is 3.50. The first kappa shape index (κ1) is 29.5. The van der Waals surface area contributed by atoms with Gasteiger partial charge in [0, 0.05) is 60.6 Å². The van der Waals surface area contributed by atoms with E-state index in [0.717, 1.165) is 47.1 Å². The minimum absolute atomic E-state index is 0.0244. The van der Waals surface area contributed by atoms with Crippen molar-refractivity contribution in [2.75, 3.05) is 18.0 Å². The molecule has 6 nitrogen and oxygen atoms in total. The van der Waals surface area contributed by atoms with Gasteiger partial charge in [-0.25, -0.2) is 0 Å². The van der Waals surface area contributed by atoms with E-state index in [1.807, 2.05) is 25.1 Å². The molecule has 1 N–H and O–H groups in total. The molecule has 5 rings (SSSR count). The predicted molar refractivity (Wildman–Crippen MR) is 158 cm³/mol. The number of aliphatic hydroxyl groups excluding tert-OH is 1. The monoisotopic (exact) mass is 577 g/mol. The maximum Gasteiger partial charge on any atom is 0.416 e. The molecule has 9 heteroatoms. The molecule has 3 heterocycles. The summed E-state index contributed by atoms with van der Waals surface area (Å²) in [5, 5.41) is 10.6. The van der Waals surface area contributed by atoms with Gasteiger partial charge in [-0.2, -0.15) is 13.2 Å². The molecule has 0 aliphatic carbocycles. The van der Waals surface area contributed by atoms with Crippen molar-refractivity contribution < 1.29 is 23.1 Å². The molecule has 1 aliphatic rings. The number of alkyl halides is 3. The van der Waals surface area contributed by atoms with E-state index in [4.69, 9.17) is 0 Å². The van der Waals surface area contributed by atoms with Crippen molar-refractivity contribution in [2.24, 2.45) is 7.05 Å². The zero-order chi connectivity index (χ0) is 30.2. The van der Waals surface area contributed by atoms with Crippen LogP contribution < -0.4 is 10.5 Å². The smallest absolute Gasteiger partial charge is 0.393 e. The molecule has 2 aromatic carbocycles. The number of anilines is 1. The van der Waals surface area contributed by atoms with E-state index in [1.165, 1.54) is 6.07 Å². The number of hydrogen-bond donors (Lipinski definition) is 1. The Balaban J connectivity index is 1.48. The van der Waals surface area contributed by atoms with Crippen LogP contribution in [-0.2, 0) is 26.1 Å². The number of fused-ring (bicyclic) bond motifs is 1. The van der Waals surface area contributed by atoms with Crippen LogP contribution in [0.15, 0.2) is 59.5 Å². The number of pyridine rings is 2. The molecule has 2 aromatic heterocycles. The number of hydrogen-bond acceptors (Lipinski definition) is 5. The fourth-order valence-electron chi connectivity index (χ4n) is 5.59. The first-order chi connectivity index (χ1) is 19.9. The average Bonchev–Trinajstić information content (AvgIpc) is 2.96. The SMILES string of the molecule is CCCc1cc2c(cn1)cc(-c1cc(CC(=O)c3cc(N4CCC(O)CC4)cc(C(F)(F)F)c3)ccc1C)c(=O)n2C. The number of aryl methyl sites for hydroxylation is 3. The van der Waals surface area contributed by atoms with Crippen LogP contribution in [0.1, 0.15) is 58.9 Å². The molecular weight excluding hydrogens is 543 g/mol. The number of carbonyl (C=O) groups excluding carboxylic acids is 1. The normalized spacial score (nSPS) is 14.5. The number of halogens is 3. The Morgan fingerprint density at radius 1 is 1.05 bits per heavy atom. The molecular formula is C33H34F3N3O3. The fourth-order valence-corrected chi connectivity index (χ4v) is 5.59. The number of nitrogens with zero attached hydrogens (tertiary/aromatic N) is 3. The van der Waals surface area contributed by atoms with Gasteiger partial charge < -0.3 is 14.6 Å². The summed E-state index contributed by atoms with van der Waals surface area (Å²) in [6, 6.07) is 12.6. The van der Waals surface area contributed by atoms with Crippen LogP contribution in [0.5, 0.6) is 0 Å². The lowest BCUT2D eigenvalue weighted by Crippen LogP contribution is -2.36. The first-order valence-corrected chi connectivity index (χ1v) is 14.2. The Morgan fingerprint density at radius 3 is 2.48 bits per heavy atom. The molecule has 4 aromatic rings. The minimum Gasteiger partial charge on any atom is -0.393 e. The number of benzene rings is 2. The van der Waals surface area contributed by atoms with Gasteiger partial charge in [0.05, 0.1) is 17.2 Å². The highest BCUT2D eigenvalue weighted by Crippen LogP contribution is 2.34. The van der Waals surface area contributed by atoms with Gasteiger partial charge in [0.1, 0.15) is 0 Å². The molecule has 0 saturated carbocycles. The Labute approximate surface area is 242 Å². The lowest BCUT2D eigenvalue weighted by Gasteiger charge is -2.32. The van der Waals surface area contributed by atoms with Gasteiger partial charge in [0.15, 0.2) is 5.78 Å². The Hall–Kier alpha value is -3.98. The van der Waals surface area contributed by atoms with Gasteiger partial charge >= 0.3 is 6.18 Å². The van der Waals surface area contributed by atoms with Crippen molar-refractivity contribution >= 4 is 22.4 Å². The third-order valence-electron chi connectivity index (χ3n) is 8.02. The molecule has 0 radical (unpaired) electrons. The van der Waals surface area contributed by atoms with Crippen LogP contribution in [0, 0.1) is 6.92 Å². The van der Waals surface area contributed by atoms with E-state index in [0.29, 0.717) is 48.3 Å². The molecule has 0 spiro atoms. The predicted octanol–water partition coefficient (Wildman–Crippen LogP) is 6.27. The van der Waals surface area contributed by atoms with E-state index in [1.54, 1.807) is 34.8 Å². The van der Waals surface area contributed by atoms with E-state index < -0.39 is 23.6 Å². The molecule has 1 aliphatic heterocycles. The van der Waals surface area contributed by atoms with Crippen molar-refractivity contribution in [3.05, 3.63) is 93.0 Å². The van der Waals surface area contributed by atoms with Crippen LogP contribution in [0.2, 0.25) is 0 Å². The van der Waals surface area contributed by atoms with Crippen molar-refractivity contribution in [1.29, 1.82) is 0 Å². The highest BCUT2D eigenvalue weighted by atomic mass is 19.4. The van der Waals surface area contributed by atoms with Crippen LogP contribution in [0.4, 0.5) is 18.9 Å². The fraction of sp³-hybridized carbons (Fsp3) is 0.364. The van der Waals surface area contributed by atoms with E-state index in [2.05, 4.69) is 11.9 Å². The Morgan fingerprint density at radius 2 is 1.79 bits per heavy atom. The average molecular weight is 578 g/mol. The number of ketones is 1. The number of rotatable bonds is 7. The second-order valence-electron chi connectivity index (χ2n) is 11.1. The quantitative estimate of drug-likeness (QED) is 0.262. The van der Waals surface area contributed by atoms with Crippen molar-refractivity contribution in [3.63, 3.8) is 0 Å². The molecule has 0 amide bonds. The summed E-state index contributed by atoms with van der Waals surface area (Å²) < 4.78 is 43.0. The third kappa shape index (κ3) is 6.11. The number of carbonyl (C=O) groups is 1. The second-order valence-corrected chi connectivity index (χ2v) is 11.1. The molecule has 0 unspecified atom stereocenters. The highest BCUT2D eigenvalue weighted by Gasteiger charge is 2.33. The van der Waals surface area contributed by atoms with Crippen molar-refractivity contribution in [3.8, 4) is 11.1 Å². The van der Waals surface area contributed by atoms with Gasteiger partial charge in [-0.1, -0.05) is 31.5 Å². The topological polar surface area (TPSA) is 75.4 Å². The number of Topliss-reactive ketones (excluding diaryl/α,β-unsaturated/α-hetero) is 1. The maximum absolute atomic E-state index is 13.8. The molecule has 1 saturated heterocycles. The van der Waals surface area contributed by atoms with Gasteiger partial charge in [-0.3, -0.25) is 14.6 Å². The van der Waals surface area contributed by atoms with Gasteiger partial charge in [0.25, 0.3) is 5.56 Å². The summed E-state index contributed by atoms with van der Waals surface area (Å²) in [4.78, 5) is 33.1. The van der Waals surface area contributed by atoms with Crippen molar-refractivity contribution in [1.82, 2.24) is 9.55 Å². The zero-order valence-electron chi connectivity index (χ0n) is 24.0. The summed E-state index contributed by atoms with van der Waals surface area (Å²) >= 11 is 0. The van der Waals surface area contributed by atoms with Gasteiger partial charge in [-0.05, 0) is 73.2 Å². The molecule has 1 fully saturated rings. The molecule has 220 valence electrons. The van der Waals surface area contributed by atoms with Crippen LogP contribution in [0.3, 0.4) is 0 Å². The summed E-state index contributed by atoms with van der Waals surface area (Å²) in [6.45, 7) is 4.77. The Bertz CT molecular complexity index is 1700. The lowest BCUT2D eigenvalue weighted by molar-refractivity contribution is -0.137. The van der Waals surface area contributed by atoms with E-state index in [-0.39, 0.29) is 17.5 Å². The van der Waals surface area contributed by atoms with Gasteiger partial charge in [-0.15, -0.1) is 0 Å². The third-order valence-corrected chi connectivity index (χ3v) is 8.02. The van der Waals surface area contributed by atoms with E-state index in [9.17, 15) is 27.9 Å². The Kier molecular flexibility index (Phi) is 8.23. The summed E-state index contributed by atoms with van der Waals surface area (Å²) in [6.07, 6.45) is -0.776. The van der Waals surface area contributed by atoms with Crippen LogP contribution >= 0.6 is 0 Å². The largest absolute Gasteiger partial charge is 0.416 e. The number of aliphatic hydroxyl groups is 1. The molecule has 0 bridgehead atoms. The van der Waals surface area contributed by atoms with Gasteiger partial charge in [0.2, 0.25) is 0 Å². The van der Waals surface area contributed by atoms with Crippen LogP contribution in [0.25, 0.3) is 22.0 Å². The van der Waals surface area contributed by atoms with Crippen molar-refractivity contribution in [2.45, 2.75) is 58.2 Å². The maximum atomic E-state index is 13.8. The molecule has 42 heavy (non-hydrogen) atoms. The zero-order valence-corrected chi connectivity index (χ0v) is 24.0. The lowest BCUT2D eigenvalue weighted by atomic mass is 9.94. The molecule has 0 atom stereocenters. The summed E-state index contributed by atoms with van der Waals surface area (Å²) in [7, 11) is 1.72. The number of piperidine rings is 1. The second kappa shape index (κ2) is 11.7. The highest BCUT2D eigenvalue weighted by molar-refractivity contribution is 5.99. The number of aromatic nitrogens is 2. The summed E-state index contributed by atoms with van der Waals surface area (Å²) in [5.74, 6) is -0.451.